The summed E-state index contributed by atoms with van der Waals surface area (Å²) in [6.07, 6.45) is 5.32. The van der Waals surface area contributed by atoms with Gasteiger partial charge in [0.1, 0.15) is 0 Å². The van der Waals surface area contributed by atoms with Crippen LogP contribution in [0.5, 0.6) is 0 Å². The summed E-state index contributed by atoms with van der Waals surface area (Å²) in [4.78, 5) is 16.2. The number of methoxy groups -OCH3 is 1. The molecule has 2 rings (SSSR count). The van der Waals surface area contributed by atoms with E-state index in [1.54, 1.807) is 25.6 Å². The molecular weight excluding hydrogens is 280 g/mol. The maximum absolute atomic E-state index is 11.9. The van der Waals surface area contributed by atoms with Crippen molar-refractivity contribution in [2.24, 2.45) is 0 Å². The molecule has 1 N–H and O–H groups in total. The van der Waals surface area contributed by atoms with Crippen molar-refractivity contribution in [3.8, 4) is 11.3 Å². The summed E-state index contributed by atoms with van der Waals surface area (Å²) < 4.78 is 6.79. The van der Waals surface area contributed by atoms with E-state index < -0.39 is 0 Å². The highest BCUT2D eigenvalue weighted by Gasteiger charge is 2.15. The van der Waals surface area contributed by atoms with Gasteiger partial charge in [-0.1, -0.05) is 0 Å². The number of carbonyl (C=O) groups excluding carboxylic acids is 1. The number of nitrogens with zero attached hydrogens (tertiary/aromatic N) is 3. The Hall–Kier alpha value is -2.21. The SMILES string of the molecule is COCCNC(=O)c1ccc(-c2cnn(C(C)(C)C)c2)nc1. The van der Waals surface area contributed by atoms with Crippen LogP contribution in [0, 0.1) is 0 Å². The van der Waals surface area contributed by atoms with Crippen molar-refractivity contribution in [1.29, 1.82) is 0 Å². The molecule has 0 saturated carbocycles. The van der Waals surface area contributed by atoms with Crippen molar-refractivity contribution in [2.45, 2.75) is 26.3 Å². The maximum atomic E-state index is 11.9. The van der Waals surface area contributed by atoms with Crippen molar-refractivity contribution >= 4 is 5.91 Å². The van der Waals surface area contributed by atoms with Crippen LogP contribution in [-0.2, 0) is 10.3 Å². The third kappa shape index (κ3) is 3.92. The van der Waals surface area contributed by atoms with E-state index in [1.165, 1.54) is 0 Å². The number of rotatable bonds is 5. The molecule has 6 nitrogen and oxygen atoms in total. The standard InChI is InChI=1S/C16H22N4O2/c1-16(2,3)20-11-13(10-19-20)14-6-5-12(9-18-14)15(21)17-7-8-22-4/h5-6,9-11H,7-8H2,1-4H3,(H,17,21). The molecule has 1 amide bonds. The lowest BCUT2D eigenvalue weighted by Crippen LogP contribution is -2.26. The summed E-state index contributed by atoms with van der Waals surface area (Å²) in [5.74, 6) is -0.151. The van der Waals surface area contributed by atoms with E-state index in [4.69, 9.17) is 4.74 Å². The fourth-order valence-electron chi connectivity index (χ4n) is 1.89. The third-order valence-electron chi connectivity index (χ3n) is 3.18. The summed E-state index contributed by atoms with van der Waals surface area (Å²) in [5.41, 5.74) is 2.19. The number of hydrogen-bond acceptors (Lipinski definition) is 4. The number of ether oxygens (including phenoxy) is 1. The van der Waals surface area contributed by atoms with Gasteiger partial charge in [-0.25, -0.2) is 0 Å². The number of amides is 1. The summed E-state index contributed by atoms with van der Waals surface area (Å²) in [6, 6.07) is 3.59. The molecule has 2 heterocycles. The molecule has 0 aliphatic carbocycles. The van der Waals surface area contributed by atoms with Crippen LogP contribution in [-0.4, -0.2) is 40.9 Å². The van der Waals surface area contributed by atoms with Crippen molar-refractivity contribution in [2.75, 3.05) is 20.3 Å². The lowest BCUT2D eigenvalue weighted by molar-refractivity contribution is 0.0937. The summed E-state index contributed by atoms with van der Waals surface area (Å²) in [6.45, 7) is 7.23. The summed E-state index contributed by atoms with van der Waals surface area (Å²) in [5, 5.41) is 7.12. The Bertz CT molecular complexity index is 626. The Morgan fingerprint density at radius 1 is 1.32 bits per heavy atom. The zero-order valence-electron chi connectivity index (χ0n) is 13.5. The molecule has 6 heteroatoms. The molecule has 118 valence electrons. The molecule has 0 radical (unpaired) electrons. The number of aromatic nitrogens is 3. The minimum Gasteiger partial charge on any atom is -0.383 e. The lowest BCUT2D eigenvalue weighted by atomic mass is 10.1. The van der Waals surface area contributed by atoms with Gasteiger partial charge in [0.2, 0.25) is 0 Å². The van der Waals surface area contributed by atoms with Crippen LogP contribution in [0.1, 0.15) is 31.1 Å². The molecule has 2 aromatic heterocycles. The van der Waals surface area contributed by atoms with Crippen LogP contribution in [0.2, 0.25) is 0 Å². The quantitative estimate of drug-likeness (QED) is 0.859. The molecule has 0 aliphatic heterocycles. The summed E-state index contributed by atoms with van der Waals surface area (Å²) in [7, 11) is 1.60. The van der Waals surface area contributed by atoms with Crippen molar-refractivity contribution in [3.05, 3.63) is 36.3 Å². The van der Waals surface area contributed by atoms with E-state index in [1.807, 2.05) is 16.9 Å². The van der Waals surface area contributed by atoms with E-state index >= 15 is 0 Å². The average molecular weight is 302 g/mol. The maximum Gasteiger partial charge on any atom is 0.252 e. The van der Waals surface area contributed by atoms with Gasteiger partial charge in [0.25, 0.3) is 5.91 Å². The van der Waals surface area contributed by atoms with Crippen LogP contribution in [0.25, 0.3) is 11.3 Å². The zero-order chi connectivity index (χ0) is 16.2. The molecule has 0 saturated heterocycles. The Labute approximate surface area is 130 Å². The van der Waals surface area contributed by atoms with E-state index in [2.05, 4.69) is 36.2 Å². The fraction of sp³-hybridized carbons (Fsp3) is 0.438. The second-order valence-electron chi connectivity index (χ2n) is 6.03. The van der Waals surface area contributed by atoms with Crippen LogP contribution >= 0.6 is 0 Å². The van der Waals surface area contributed by atoms with E-state index in [-0.39, 0.29) is 11.4 Å². The molecule has 2 aromatic rings. The molecule has 0 spiro atoms. The number of hydrogen-bond donors (Lipinski definition) is 1. The first-order valence-corrected chi connectivity index (χ1v) is 7.20. The zero-order valence-corrected chi connectivity index (χ0v) is 13.5. The number of pyridine rings is 1. The van der Waals surface area contributed by atoms with Crippen molar-refractivity contribution in [1.82, 2.24) is 20.1 Å². The molecule has 0 aliphatic rings. The smallest absolute Gasteiger partial charge is 0.252 e. The summed E-state index contributed by atoms with van der Waals surface area (Å²) >= 11 is 0. The van der Waals surface area contributed by atoms with Gasteiger partial charge < -0.3 is 10.1 Å². The largest absolute Gasteiger partial charge is 0.383 e. The van der Waals surface area contributed by atoms with Crippen LogP contribution < -0.4 is 5.32 Å². The minimum atomic E-state index is -0.151. The number of carbonyl (C=O) groups is 1. The molecule has 0 unspecified atom stereocenters. The molecule has 0 fully saturated rings. The highest BCUT2D eigenvalue weighted by atomic mass is 16.5. The van der Waals surface area contributed by atoms with Crippen molar-refractivity contribution in [3.63, 3.8) is 0 Å². The predicted octanol–water partition coefficient (Wildman–Crippen LogP) is 2.08. The Morgan fingerprint density at radius 3 is 2.64 bits per heavy atom. The topological polar surface area (TPSA) is 69.0 Å². The predicted molar refractivity (Wildman–Crippen MR) is 84.7 cm³/mol. The van der Waals surface area contributed by atoms with E-state index in [9.17, 15) is 4.79 Å². The van der Waals surface area contributed by atoms with Gasteiger partial charge in [-0.3, -0.25) is 14.5 Å². The first-order valence-electron chi connectivity index (χ1n) is 7.20. The van der Waals surface area contributed by atoms with Gasteiger partial charge in [-0.2, -0.15) is 5.10 Å². The normalized spacial score (nSPS) is 11.5. The lowest BCUT2D eigenvalue weighted by Gasteiger charge is -2.18. The van der Waals surface area contributed by atoms with E-state index in [0.717, 1.165) is 11.3 Å². The van der Waals surface area contributed by atoms with Gasteiger partial charge in [-0.05, 0) is 32.9 Å². The highest BCUT2D eigenvalue weighted by molar-refractivity contribution is 5.94. The van der Waals surface area contributed by atoms with Gasteiger partial charge in [0, 0.05) is 31.6 Å². The third-order valence-corrected chi connectivity index (χ3v) is 3.18. The first-order chi connectivity index (χ1) is 10.4. The first kappa shape index (κ1) is 16.2. The second kappa shape index (κ2) is 6.70. The Balaban J connectivity index is 2.08. The van der Waals surface area contributed by atoms with Crippen LogP contribution in [0.3, 0.4) is 0 Å². The monoisotopic (exact) mass is 302 g/mol. The molecular formula is C16H22N4O2. The average Bonchev–Trinajstić information content (AvgIpc) is 2.97. The molecule has 0 aromatic carbocycles. The fourth-order valence-corrected chi connectivity index (χ4v) is 1.89. The van der Waals surface area contributed by atoms with Crippen molar-refractivity contribution < 1.29 is 9.53 Å². The van der Waals surface area contributed by atoms with Crippen LogP contribution in [0.15, 0.2) is 30.7 Å². The van der Waals surface area contributed by atoms with Gasteiger partial charge in [0.05, 0.1) is 29.6 Å². The Kier molecular flexibility index (Phi) is 4.92. The second-order valence-corrected chi connectivity index (χ2v) is 6.03. The number of nitrogens with one attached hydrogen (secondary N) is 1. The molecule has 0 atom stereocenters. The minimum absolute atomic E-state index is 0.0700. The van der Waals surface area contributed by atoms with Gasteiger partial charge in [0.15, 0.2) is 0 Å². The molecule has 22 heavy (non-hydrogen) atoms. The van der Waals surface area contributed by atoms with E-state index in [0.29, 0.717) is 18.7 Å². The Morgan fingerprint density at radius 2 is 2.09 bits per heavy atom. The van der Waals surface area contributed by atoms with Gasteiger partial charge in [-0.15, -0.1) is 0 Å². The van der Waals surface area contributed by atoms with Gasteiger partial charge >= 0.3 is 0 Å². The molecule has 0 bridgehead atoms. The van der Waals surface area contributed by atoms with Crippen LogP contribution in [0.4, 0.5) is 0 Å². The highest BCUT2D eigenvalue weighted by Crippen LogP contribution is 2.20.